The van der Waals surface area contributed by atoms with Gasteiger partial charge in [-0.15, -0.1) is 0 Å². The molecule has 0 aromatic heterocycles. The average molecular weight is 477 g/mol. The Morgan fingerprint density at radius 3 is 1.58 bits per heavy atom. The van der Waals surface area contributed by atoms with Crippen molar-refractivity contribution in [3.05, 3.63) is 126 Å². The Hall–Kier alpha value is -3.18. The van der Waals surface area contributed by atoms with Crippen molar-refractivity contribution in [1.82, 2.24) is 0 Å². The number of anilines is 2. The van der Waals surface area contributed by atoms with Crippen molar-refractivity contribution in [2.24, 2.45) is 0 Å². The lowest BCUT2D eigenvalue weighted by atomic mass is 9.71. The van der Waals surface area contributed by atoms with Gasteiger partial charge in [0.1, 0.15) is 4.90 Å². The third kappa shape index (κ3) is 4.79. The van der Waals surface area contributed by atoms with Crippen molar-refractivity contribution >= 4 is 30.3 Å². The van der Waals surface area contributed by atoms with Crippen LogP contribution in [0.15, 0.2) is 114 Å². The number of nitrogen functional groups attached to an aromatic ring is 2. The van der Waals surface area contributed by atoms with Gasteiger partial charge in [0.2, 0.25) is 0 Å². The minimum Gasteiger partial charge on any atom is -0.399 e. The number of rotatable bonds is 8. The topological polar surface area (TPSA) is 95.4 Å². The van der Waals surface area contributed by atoms with E-state index in [1.165, 1.54) is 18.2 Å². The average Bonchev–Trinajstić information content (AvgIpc) is 2.83. The Kier molecular flexibility index (Phi) is 6.80. The SMILES string of the molecule is Nc1ccc(S(=O)(=O)OPCC(c2ccccc2)(c2ccccc2)c2ccccc2)c(N)c1. The number of benzene rings is 4. The van der Waals surface area contributed by atoms with E-state index < -0.39 is 15.5 Å². The van der Waals surface area contributed by atoms with Crippen LogP contribution in [-0.4, -0.2) is 14.6 Å². The first-order valence-electron chi connectivity index (χ1n) is 10.4. The summed E-state index contributed by atoms with van der Waals surface area (Å²) in [4.78, 5) is -0.0751. The molecule has 0 bridgehead atoms. The van der Waals surface area contributed by atoms with Crippen LogP contribution in [0.2, 0.25) is 0 Å². The van der Waals surface area contributed by atoms with Crippen molar-refractivity contribution in [2.75, 3.05) is 17.6 Å². The van der Waals surface area contributed by atoms with Gasteiger partial charge in [-0.3, -0.25) is 0 Å². The van der Waals surface area contributed by atoms with E-state index in [0.29, 0.717) is 11.8 Å². The molecule has 0 saturated heterocycles. The summed E-state index contributed by atoms with van der Waals surface area (Å²) < 4.78 is 31.4. The van der Waals surface area contributed by atoms with Crippen LogP contribution < -0.4 is 11.5 Å². The fourth-order valence-electron chi connectivity index (χ4n) is 4.03. The molecule has 4 rings (SSSR count). The van der Waals surface area contributed by atoms with Crippen molar-refractivity contribution in [3.8, 4) is 0 Å². The molecule has 1 unspecified atom stereocenters. The van der Waals surface area contributed by atoms with E-state index in [0.717, 1.165) is 16.7 Å². The number of hydrogen-bond acceptors (Lipinski definition) is 5. The van der Waals surface area contributed by atoms with Crippen LogP contribution >= 0.6 is 8.81 Å². The summed E-state index contributed by atoms with van der Waals surface area (Å²) in [5.41, 5.74) is 14.7. The van der Waals surface area contributed by atoms with E-state index in [1.807, 2.05) is 54.6 Å². The van der Waals surface area contributed by atoms with Gasteiger partial charge in [-0.05, 0) is 34.9 Å². The van der Waals surface area contributed by atoms with Gasteiger partial charge in [-0.2, -0.15) is 8.42 Å². The largest absolute Gasteiger partial charge is 0.399 e. The summed E-state index contributed by atoms with van der Waals surface area (Å²) in [5.74, 6) is 0. The molecule has 168 valence electrons. The summed E-state index contributed by atoms with van der Waals surface area (Å²) in [6.45, 7) is 0. The summed E-state index contributed by atoms with van der Waals surface area (Å²) in [6.07, 6.45) is 0.430. The quantitative estimate of drug-likeness (QED) is 0.207. The molecule has 4 aromatic rings. The molecular weight excluding hydrogens is 451 g/mol. The fraction of sp³-hybridized carbons (Fsp3) is 0.0769. The highest BCUT2D eigenvalue weighted by Gasteiger charge is 2.36. The first-order chi connectivity index (χ1) is 15.9. The van der Waals surface area contributed by atoms with Crippen LogP contribution in [0.1, 0.15) is 16.7 Å². The molecule has 0 aliphatic rings. The minimum atomic E-state index is -4.04. The maximum Gasteiger partial charge on any atom is 0.301 e. The second-order valence-electron chi connectivity index (χ2n) is 7.66. The second kappa shape index (κ2) is 9.75. The molecule has 33 heavy (non-hydrogen) atoms. The minimum absolute atomic E-state index is 0.0697. The predicted molar refractivity (Wildman–Crippen MR) is 136 cm³/mol. The van der Waals surface area contributed by atoms with E-state index in [1.54, 1.807) is 0 Å². The molecule has 0 amide bonds. The maximum absolute atomic E-state index is 12.9. The summed E-state index contributed by atoms with van der Waals surface area (Å²) in [7, 11) is -4.39. The molecule has 1 atom stereocenters. The van der Waals surface area contributed by atoms with Crippen LogP contribution in [0.3, 0.4) is 0 Å². The van der Waals surface area contributed by atoms with E-state index in [2.05, 4.69) is 36.4 Å². The van der Waals surface area contributed by atoms with Gasteiger partial charge in [0.05, 0.1) is 11.1 Å². The molecule has 0 fully saturated rings. The molecule has 5 nitrogen and oxygen atoms in total. The fourth-order valence-corrected chi connectivity index (χ4v) is 6.66. The highest BCUT2D eigenvalue weighted by Crippen LogP contribution is 2.44. The zero-order valence-corrected chi connectivity index (χ0v) is 19.7. The first kappa shape index (κ1) is 23.0. The Bertz CT molecular complexity index is 1220. The Morgan fingerprint density at radius 1 is 0.697 bits per heavy atom. The summed E-state index contributed by atoms with van der Waals surface area (Å²) in [6, 6.07) is 34.6. The zero-order valence-electron chi connectivity index (χ0n) is 17.9. The number of hydrogen-bond donors (Lipinski definition) is 2. The van der Waals surface area contributed by atoms with Gasteiger partial charge in [0, 0.05) is 20.7 Å². The van der Waals surface area contributed by atoms with Gasteiger partial charge in [-0.1, -0.05) is 91.0 Å². The van der Waals surface area contributed by atoms with E-state index in [-0.39, 0.29) is 19.4 Å². The molecule has 0 aliphatic heterocycles. The molecular formula is C26H25N2O3PS. The standard InChI is InChI=1S/C26H25N2O3PS/c27-23-16-17-25(24(28)18-23)33(29,30)31-32-19-26(20-10-4-1-5-11-20,21-12-6-2-7-13-21)22-14-8-3-9-15-22/h1-18,32H,19,27-28H2. The smallest absolute Gasteiger partial charge is 0.301 e. The number of nitrogens with two attached hydrogens (primary N) is 2. The van der Waals surface area contributed by atoms with Crippen molar-refractivity contribution in [3.63, 3.8) is 0 Å². The maximum atomic E-state index is 12.9. The first-order valence-corrected chi connectivity index (χ1v) is 12.9. The molecule has 0 saturated carbocycles. The predicted octanol–water partition coefficient (Wildman–Crippen LogP) is 5.18. The van der Waals surface area contributed by atoms with Gasteiger partial charge in [0.25, 0.3) is 0 Å². The highest BCUT2D eigenvalue weighted by molar-refractivity contribution is 7.89. The van der Waals surface area contributed by atoms with E-state index >= 15 is 0 Å². The third-order valence-corrected chi connectivity index (χ3v) is 8.54. The summed E-state index contributed by atoms with van der Waals surface area (Å²) >= 11 is 0. The lowest BCUT2D eigenvalue weighted by Crippen LogP contribution is -2.32. The van der Waals surface area contributed by atoms with Crippen LogP contribution in [0.4, 0.5) is 11.4 Å². The third-order valence-electron chi connectivity index (χ3n) is 5.61. The Labute approximate surface area is 196 Å². The zero-order chi connectivity index (χ0) is 23.3. The van der Waals surface area contributed by atoms with Gasteiger partial charge in [-0.25, -0.2) is 3.97 Å². The molecule has 7 heteroatoms. The highest BCUT2D eigenvalue weighted by atomic mass is 32.2. The second-order valence-corrected chi connectivity index (χ2v) is 10.3. The van der Waals surface area contributed by atoms with Crippen molar-refractivity contribution in [2.45, 2.75) is 10.3 Å². The molecule has 0 heterocycles. The summed E-state index contributed by atoms with van der Waals surface area (Å²) in [5, 5.41) is 0. The van der Waals surface area contributed by atoms with Crippen LogP contribution in [-0.2, 0) is 19.5 Å². The van der Waals surface area contributed by atoms with Crippen LogP contribution in [0, 0.1) is 0 Å². The van der Waals surface area contributed by atoms with Crippen molar-refractivity contribution < 1.29 is 12.4 Å². The molecule has 0 aliphatic carbocycles. The van der Waals surface area contributed by atoms with Crippen LogP contribution in [0.5, 0.6) is 0 Å². The van der Waals surface area contributed by atoms with Gasteiger partial charge in [0.15, 0.2) is 0 Å². The molecule has 4 N–H and O–H groups in total. The Morgan fingerprint density at radius 2 is 1.15 bits per heavy atom. The molecule has 4 aromatic carbocycles. The van der Waals surface area contributed by atoms with Crippen molar-refractivity contribution in [1.29, 1.82) is 0 Å². The van der Waals surface area contributed by atoms with Gasteiger partial charge < -0.3 is 11.5 Å². The monoisotopic (exact) mass is 476 g/mol. The Balaban J connectivity index is 1.75. The molecule has 0 radical (unpaired) electrons. The molecule has 0 spiro atoms. The van der Waals surface area contributed by atoms with Crippen LogP contribution in [0.25, 0.3) is 0 Å². The van der Waals surface area contributed by atoms with E-state index in [4.69, 9.17) is 15.4 Å². The lowest BCUT2D eigenvalue weighted by molar-refractivity contribution is 0.511. The lowest BCUT2D eigenvalue weighted by Gasteiger charge is -2.35. The van der Waals surface area contributed by atoms with Gasteiger partial charge >= 0.3 is 10.1 Å². The van der Waals surface area contributed by atoms with E-state index in [9.17, 15) is 8.42 Å². The normalized spacial score (nSPS) is 12.2.